The second-order valence-electron chi connectivity index (χ2n) is 6.77. The largest absolute Gasteiger partial charge is 0.505 e. The van der Waals surface area contributed by atoms with E-state index in [1.807, 2.05) is 60.7 Å². The van der Waals surface area contributed by atoms with Gasteiger partial charge in [-0.25, -0.2) is 0 Å². The number of pyridine rings is 1. The Morgan fingerprint density at radius 2 is 1.69 bits per heavy atom. The number of phenols is 1. The standard InChI is InChI=1S/C24H19ClN2O2/c25-20-15-19(24(29)23-18(20)12-7-13-26-23)22(17-10-5-2-6-11-17)27-21(28)14-16-8-3-1-4-9-16/h1-13,15,22,29H,14H2,(H,27,28). The Balaban J connectivity index is 1.75. The highest BCUT2D eigenvalue weighted by atomic mass is 35.5. The average Bonchev–Trinajstić information content (AvgIpc) is 2.76. The SMILES string of the molecule is O=C(Cc1ccccc1)NC(c1ccccc1)c1cc(Cl)c2cccnc2c1O. The van der Waals surface area contributed by atoms with Crippen molar-refractivity contribution in [1.29, 1.82) is 0 Å². The predicted molar refractivity (Wildman–Crippen MR) is 115 cm³/mol. The molecule has 4 rings (SSSR count). The van der Waals surface area contributed by atoms with E-state index < -0.39 is 6.04 Å². The number of hydrogen-bond acceptors (Lipinski definition) is 3. The molecule has 0 aliphatic heterocycles. The smallest absolute Gasteiger partial charge is 0.225 e. The van der Waals surface area contributed by atoms with E-state index in [9.17, 15) is 9.90 Å². The number of aromatic nitrogens is 1. The molecule has 0 saturated heterocycles. The molecule has 1 unspecified atom stereocenters. The van der Waals surface area contributed by atoms with E-state index >= 15 is 0 Å². The Hall–Kier alpha value is -3.37. The van der Waals surface area contributed by atoms with Crippen LogP contribution < -0.4 is 5.32 Å². The maximum atomic E-state index is 12.8. The average molecular weight is 403 g/mol. The van der Waals surface area contributed by atoms with Crippen molar-refractivity contribution in [2.24, 2.45) is 0 Å². The number of halogens is 1. The van der Waals surface area contributed by atoms with E-state index in [1.54, 1.807) is 24.4 Å². The van der Waals surface area contributed by atoms with E-state index in [1.165, 1.54) is 0 Å². The second-order valence-corrected chi connectivity index (χ2v) is 7.18. The molecule has 5 heteroatoms. The lowest BCUT2D eigenvalue weighted by Gasteiger charge is -2.22. The molecule has 29 heavy (non-hydrogen) atoms. The van der Waals surface area contributed by atoms with E-state index in [0.29, 0.717) is 21.5 Å². The fourth-order valence-electron chi connectivity index (χ4n) is 3.41. The van der Waals surface area contributed by atoms with Gasteiger partial charge in [0.15, 0.2) is 0 Å². The van der Waals surface area contributed by atoms with Crippen LogP contribution in [0.1, 0.15) is 22.7 Å². The van der Waals surface area contributed by atoms with Gasteiger partial charge in [0, 0.05) is 17.1 Å². The molecule has 2 N–H and O–H groups in total. The fraction of sp³-hybridized carbons (Fsp3) is 0.0833. The van der Waals surface area contributed by atoms with Gasteiger partial charge in [-0.15, -0.1) is 0 Å². The number of aromatic hydroxyl groups is 1. The highest BCUT2D eigenvalue weighted by Crippen LogP contribution is 2.38. The lowest BCUT2D eigenvalue weighted by Crippen LogP contribution is -2.30. The first kappa shape index (κ1) is 19.0. The molecule has 1 heterocycles. The number of carbonyl (C=O) groups excluding carboxylic acids is 1. The fourth-order valence-corrected chi connectivity index (χ4v) is 3.68. The molecule has 0 aliphatic carbocycles. The summed E-state index contributed by atoms with van der Waals surface area (Å²) in [6, 6.07) is 23.7. The summed E-state index contributed by atoms with van der Waals surface area (Å²) in [6.45, 7) is 0. The molecule has 4 aromatic rings. The minimum atomic E-state index is -0.559. The number of hydrogen-bond donors (Lipinski definition) is 2. The number of fused-ring (bicyclic) bond motifs is 1. The van der Waals surface area contributed by atoms with Crippen molar-refractivity contribution < 1.29 is 9.90 Å². The first-order valence-corrected chi connectivity index (χ1v) is 9.65. The summed E-state index contributed by atoms with van der Waals surface area (Å²) < 4.78 is 0. The first-order chi connectivity index (χ1) is 14.1. The summed E-state index contributed by atoms with van der Waals surface area (Å²) in [5.74, 6) is -0.138. The zero-order valence-corrected chi connectivity index (χ0v) is 16.3. The number of rotatable bonds is 5. The Morgan fingerprint density at radius 3 is 2.41 bits per heavy atom. The van der Waals surface area contributed by atoms with Crippen LogP contribution >= 0.6 is 11.6 Å². The lowest BCUT2D eigenvalue weighted by molar-refractivity contribution is -0.120. The molecule has 0 fully saturated rings. The summed E-state index contributed by atoms with van der Waals surface area (Å²) in [5.41, 5.74) is 2.68. The third-order valence-corrected chi connectivity index (χ3v) is 5.11. The summed E-state index contributed by atoms with van der Waals surface area (Å²) in [6.07, 6.45) is 1.85. The molecule has 0 aliphatic rings. The number of nitrogens with zero attached hydrogens (tertiary/aromatic N) is 1. The van der Waals surface area contributed by atoms with Crippen molar-refractivity contribution >= 4 is 28.4 Å². The third-order valence-electron chi connectivity index (χ3n) is 4.80. The van der Waals surface area contributed by atoms with Crippen LogP contribution in [0.4, 0.5) is 0 Å². The summed E-state index contributed by atoms with van der Waals surface area (Å²) in [5, 5.41) is 15.1. The van der Waals surface area contributed by atoms with Gasteiger partial charge in [0.25, 0.3) is 0 Å². The summed E-state index contributed by atoms with van der Waals surface area (Å²) in [7, 11) is 0. The summed E-state index contributed by atoms with van der Waals surface area (Å²) in [4.78, 5) is 17.1. The van der Waals surface area contributed by atoms with Crippen molar-refractivity contribution in [1.82, 2.24) is 10.3 Å². The molecule has 0 radical (unpaired) electrons. The Kier molecular flexibility index (Phi) is 5.45. The van der Waals surface area contributed by atoms with Crippen LogP contribution in [0.3, 0.4) is 0 Å². The van der Waals surface area contributed by atoms with Gasteiger partial charge < -0.3 is 10.4 Å². The minimum absolute atomic E-state index is 0.0128. The highest BCUT2D eigenvalue weighted by molar-refractivity contribution is 6.35. The van der Waals surface area contributed by atoms with E-state index in [2.05, 4.69) is 10.3 Å². The van der Waals surface area contributed by atoms with Crippen molar-refractivity contribution in [2.75, 3.05) is 0 Å². The number of benzene rings is 3. The van der Waals surface area contributed by atoms with Gasteiger partial charge in [-0.3, -0.25) is 9.78 Å². The molecule has 0 spiro atoms. The molecule has 144 valence electrons. The molecule has 4 nitrogen and oxygen atoms in total. The quantitative estimate of drug-likeness (QED) is 0.491. The normalized spacial score (nSPS) is 11.9. The van der Waals surface area contributed by atoms with Gasteiger partial charge in [-0.05, 0) is 29.3 Å². The van der Waals surface area contributed by atoms with Crippen molar-refractivity contribution in [3.05, 3.63) is 107 Å². The third kappa shape index (κ3) is 4.08. The monoisotopic (exact) mass is 402 g/mol. The van der Waals surface area contributed by atoms with Crippen LogP contribution in [-0.2, 0) is 11.2 Å². The minimum Gasteiger partial charge on any atom is -0.505 e. The number of carbonyl (C=O) groups is 1. The van der Waals surface area contributed by atoms with Crippen LogP contribution in [0.5, 0.6) is 5.75 Å². The molecule has 1 atom stereocenters. The summed E-state index contributed by atoms with van der Waals surface area (Å²) >= 11 is 6.47. The zero-order chi connectivity index (χ0) is 20.2. The molecular weight excluding hydrogens is 384 g/mol. The molecule has 1 aromatic heterocycles. The van der Waals surface area contributed by atoms with E-state index in [0.717, 1.165) is 11.1 Å². The van der Waals surface area contributed by atoms with Crippen LogP contribution in [0.15, 0.2) is 85.1 Å². The Bertz CT molecular complexity index is 1150. The van der Waals surface area contributed by atoms with E-state index in [-0.39, 0.29) is 18.1 Å². The predicted octanol–water partition coefficient (Wildman–Crippen LogP) is 5.04. The van der Waals surface area contributed by atoms with Gasteiger partial charge >= 0.3 is 0 Å². The topological polar surface area (TPSA) is 62.2 Å². The number of nitrogens with one attached hydrogen (secondary N) is 1. The van der Waals surface area contributed by atoms with Crippen LogP contribution in [0.25, 0.3) is 10.9 Å². The maximum absolute atomic E-state index is 12.8. The Morgan fingerprint density at radius 1 is 1.00 bits per heavy atom. The zero-order valence-electron chi connectivity index (χ0n) is 15.5. The van der Waals surface area contributed by atoms with Gasteiger partial charge in [-0.1, -0.05) is 72.3 Å². The number of phenolic OH excluding ortho intramolecular Hbond substituents is 1. The maximum Gasteiger partial charge on any atom is 0.225 e. The van der Waals surface area contributed by atoms with Gasteiger partial charge in [-0.2, -0.15) is 0 Å². The highest BCUT2D eigenvalue weighted by Gasteiger charge is 2.23. The first-order valence-electron chi connectivity index (χ1n) is 9.28. The van der Waals surface area contributed by atoms with Crippen LogP contribution in [0.2, 0.25) is 5.02 Å². The van der Waals surface area contributed by atoms with Crippen molar-refractivity contribution in [3.8, 4) is 5.75 Å². The molecule has 0 saturated carbocycles. The van der Waals surface area contributed by atoms with Gasteiger partial charge in [0.1, 0.15) is 11.3 Å². The van der Waals surface area contributed by atoms with Gasteiger partial charge in [0.05, 0.1) is 17.5 Å². The van der Waals surface area contributed by atoms with Crippen molar-refractivity contribution in [3.63, 3.8) is 0 Å². The number of amides is 1. The molecule has 1 amide bonds. The molecule has 3 aromatic carbocycles. The lowest BCUT2D eigenvalue weighted by atomic mass is 9.96. The van der Waals surface area contributed by atoms with E-state index in [4.69, 9.17) is 11.6 Å². The Labute approximate surface area is 173 Å². The van der Waals surface area contributed by atoms with Crippen LogP contribution in [0, 0.1) is 0 Å². The molecular formula is C24H19ClN2O2. The second kappa shape index (κ2) is 8.33. The molecule has 0 bridgehead atoms. The van der Waals surface area contributed by atoms with Crippen molar-refractivity contribution in [2.45, 2.75) is 12.5 Å². The van der Waals surface area contributed by atoms with Crippen LogP contribution in [-0.4, -0.2) is 16.0 Å². The van der Waals surface area contributed by atoms with Gasteiger partial charge in [0.2, 0.25) is 5.91 Å².